The number of rotatable bonds is 5. The largest absolute Gasteiger partial charge is 0.496 e. The van der Waals surface area contributed by atoms with Crippen molar-refractivity contribution in [3.63, 3.8) is 0 Å². The molecule has 4 nitrogen and oxygen atoms in total. The van der Waals surface area contributed by atoms with Crippen LogP contribution in [0.4, 0.5) is 0 Å². The maximum Gasteiger partial charge on any atom is 0.328 e. The van der Waals surface area contributed by atoms with Crippen LogP contribution in [0, 0.1) is 0 Å². The van der Waals surface area contributed by atoms with Gasteiger partial charge in [0.15, 0.2) is 0 Å². The number of hydrogen-bond donors (Lipinski definition) is 1. The van der Waals surface area contributed by atoms with Gasteiger partial charge in [0, 0.05) is 31.3 Å². The zero-order chi connectivity index (χ0) is 16.9. The van der Waals surface area contributed by atoms with E-state index in [0.717, 1.165) is 49.0 Å². The van der Waals surface area contributed by atoms with Crippen molar-refractivity contribution in [2.24, 2.45) is 0 Å². The van der Waals surface area contributed by atoms with Crippen LogP contribution in [-0.4, -0.2) is 29.6 Å². The molecule has 1 N–H and O–H groups in total. The summed E-state index contributed by atoms with van der Waals surface area (Å²) < 4.78 is 5.47. The summed E-state index contributed by atoms with van der Waals surface area (Å²) in [7, 11) is 1.66. The second-order valence-corrected chi connectivity index (χ2v) is 5.97. The van der Waals surface area contributed by atoms with Crippen molar-refractivity contribution in [1.29, 1.82) is 0 Å². The average molecular weight is 323 g/mol. The fourth-order valence-electron chi connectivity index (χ4n) is 3.12. The Hall–Kier alpha value is -2.59. The van der Waals surface area contributed by atoms with E-state index in [2.05, 4.69) is 29.2 Å². The van der Waals surface area contributed by atoms with E-state index in [9.17, 15) is 4.79 Å². The molecule has 24 heavy (non-hydrogen) atoms. The molecule has 0 fully saturated rings. The van der Waals surface area contributed by atoms with Gasteiger partial charge in [0.1, 0.15) is 5.75 Å². The third-order valence-electron chi connectivity index (χ3n) is 4.33. The Labute approximate surface area is 142 Å². The number of fused-ring (bicyclic) bond motifs is 1. The monoisotopic (exact) mass is 323 g/mol. The zero-order valence-electron chi connectivity index (χ0n) is 13.7. The van der Waals surface area contributed by atoms with Crippen LogP contribution in [0.15, 0.2) is 48.5 Å². The Morgan fingerprint density at radius 1 is 1.25 bits per heavy atom. The van der Waals surface area contributed by atoms with Crippen molar-refractivity contribution in [2.75, 3.05) is 13.7 Å². The van der Waals surface area contributed by atoms with E-state index < -0.39 is 5.97 Å². The maximum atomic E-state index is 10.7. The van der Waals surface area contributed by atoms with Crippen LogP contribution in [0.3, 0.4) is 0 Å². The molecule has 0 spiro atoms. The van der Waals surface area contributed by atoms with Gasteiger partial charge in [-0.25, -0.2) is 4.79 Å². The summed E-state index contributed by atoms with van der Waals surface area (Å²) in [6.45, 7) is 2.72. The number of methoxy groups -OCH3 is 1. The molecule has 4 heteroatoms. The Morgan fingerprint density at radius 3 is 2.79 bits per heavy atom. The zero-order valence-corrected chi connectivity index (χ0v) is 13.7. The number of carboxylic acids is 1. The van der Waals surface area contributed by atoms with Crippen LogP contribution in [0.1, 0.15) is 22.3 Å². The van der Waals surface area contributed by atoms with Crippen molar-refractivity contribution in [3.05, 3.63) is 70.8 Å². The second kappa shape index (κ2) is 7.32. The lowest BCUT2D eigenvalue weighted by molar-refractivity contribution is -0.131. The lowest BCUT2D eigenvalue weighted by Gasteiger charge is -2.29. The minimum atomic E-state index is -0.944. The van der Waals surface area contributed by atoms with E-state index >= 15 is 0 Å². The molecular weight excluding hydrogens is 302 g/mol. The summed E-state index contributed by atoms with van der Waals surface area (Å²) in [4.78, 5) is 13.1. The first-order valence-electron chi connectivity index (χ1n) is 8.03. The topological polar surface area (TPSA) is 49.8 Å². The lowest BCUT2D eigenvalue weighted by Crippen LogP contribution is -2.30. The van der Waals surface area contributed by atoms with Gasteiger partial charge in [-0.3, -0.25) is 4.90 Å². The van der Waals surface area contributed by atoms with Gasteiger partial charge in [-0.15, -0.1) is 0 Å². The van der Waals surface area contributed by atoms with Gasteiger partial charge < -0.3 is 9.84 Å². The standard InChI is InChI=1S/C20H21NO3/c1-24-19-8-6-15(7-9-20(22)23)12-18(19)14-21-11-10-16-4-2-3-5-17(16)13-21/h2-9,12H,10-11,13-14H2,1H3,(H,22,23). The summed E-state index contributed by atoms with van der Waals surface area (Å²) in [5.74, 6) is -0.110. The SMILES string of the molecule is COc1ccc(C=CC(=O)O)cc1CN1CCc2ccccc2C1. The van der Waals surface area contributed by atoms with Crippen LogP contribution in [-0.2, 0) is 24.3 Å². The van der Waals surface area contributed by atoms with Gasteiger partial charge in [-0.1, -0.05) is 30.3 Å². The van der Waals surface area contributed by atoms with E-state index in [1.54, 1.807) is 13.2 Å². The quantitative estimate of drug-likeness (QED) is 0.857. The molecule has 0 unspecified atom stereocenters. The van der Waals surface area contributed by atoms with E-state index in [4.69, 9.17) is 9.84 Å². The van der Waals surface area contributed by atoms with E-state index in [1.807, 2.05) is 18.2 Å². The third kappa shape index (κ3) is 3.84. The van der Waals surface area contributed by atoms with E-state index in [-0.39, 0.29) is 0 Å². The van der Waals surface area contributed by atoms with Crippen molar-refractivity contribution in [3.8, 4) is 5.75 Å². The van der Waals surface area contributed by atoms with Gasteiger partial charge in [0.25, 0.3) is 0 Å². The van der Waals surface area contributed by atoms with Crippen LogP contribution in [0.25, 0.3) is 6.08 Å². The number of ether oxygens (including phenoxy) is 1. The lowest BCUT2D eigenvalue weighted by atomic mass is 9.99. The fourth-order valence-corrected chi connectivity index (χ4v) is 3.12. The Bertz CT molecular complexity index is 767. The first-order valence-corrected chi connectivity index (χ1v) is 8.03. The second-order valence-electron chi connectivity index (χ2n) is 5.97. The van der Waals surface area contributed by atoms with Crippen LogP contribution in [0.5, 0.6) is 5.75 Å². The highest BCUT2D eigenvalue weighted by Crippen LogP contribution is 2.25. The number of aliphatic carboxylic acids is 1. The molecule has 124 valence electrons. The molecule has 2 aromatic rings. The third-order valence-corrected chi connectivity index (χ3v) is 4.33. The number of hydrogen-bond acceptors (Lipinski definition) is 3. The van der Waals surface area contributed by atoms with Crippen LogP contribution >= 0.6 is 0 Å². The molecule has 1 aliphatic rings. The Balaban J connectivity index is 1.79. The molecule has 2 aromatic carbocycles. The molecule has 1 heterocycles. The average Bonchev–Trinajstić information content (AvgIpc) is 2.60. The normalized spacial score (nSPS) is 14.5. The molecule has 0 aliphatic carbocycles. The highest BCUT2D eigenvalue weighted by atomic mass is 16.5. The molecule has 0 saturated heterocycles. The first kappa shape index (κ1) is 16.3. The van der Waals surface area contributed by atoms with Gasteiger partial charge in [-0.05, 0) is 41.3 Å². The highest BCUT2D eigenvalue weighted by molar-refractivity contribution is 5.85. The minimum absolute atomic E-state index is 0.784. The number of carbonyl (C=O) groups is 1. The molecule has 0 aromatic heterocycles. The van der Waals surface area contributed by atoms with Crippen molar-refractivity contribution in [1.82, 2.24) is 4.90 Å². The molecule has 0 radical (unpaired) electrons. The van der Waals surface area contributed by atoms with E-state index in [1.165, 1.54) is 11.1 Å². The number of carboxylic acid groups (broad SMARTS) is 1. The van der Waals surface area contributed by atoms with Crippen LogP contribution < -0.4 is 4.74 Å². The van der Waals surface area contributed by atoms with E-state index in [0.29, 0.717) is 0 Å². The predicted molar refractivity (Wildman–Crippen MR) is 93.9 cm³/mol. The highest BCUT2D eigenvalue weighted by Gasteiger charge is 2.17. The summed E-state index contributed by atoms with van der Waals surface area (Å²) in [5.41, 5.74) is 4.75. The van der Waals surface area contributed by atoms with Gasteiger partial charge in [-0.2, -0.15) is 0 Å². The molecule has 3 rings (SSSR count). The number of benzene rings is 2. The summed E-state index contributed by atoms with van der Waals surface area (Å²) in [6, 6.07) is 14.3. The van der Waals surface area contributed by atoms with Gasteiger partial charge >= 0.3 is 5.97 Å². The van der Waals surface area contributed by atoms with Crippen molar-refractivity contribution >= 4 is 12.0 Å². The molecular formula is C20H21NO3. The smallest absolute Gasteiger partial charge is 0.328 e. The Kier molecular flexibility index (Phi) is 4.96. The fraction of sp³-hybridized carbons (Fsp3) is 0.250. The first-order chi connectivity index (χ1) is 11.7. The predicted octanol–water partition coefficient (Wildman–Crippen LogP) is 3.35. The molecule has 0 bridgehead atoms. The molecule has 0 saturated carbocycles. The molecule has 0 atom stereocenters. The van der Waals surface area contributed by atoms with Crippen molar-refractivity contribution < 1.29 is 14.6 Å². The number of nitrogens with zero attached hydrogens (tertiary/aromatic N) is 1. The van der Waals surface area contributed by atoms with Gasteiger partial charge in [0.05, 0.1) is 7.11 Å². The maximum absolute atomic E-state index is 10.7. The van der Waals surface area contributed by atoms with Crippen LogP contribution in [0.2, 0.25) is 0 Å². The van der Waals surface area contributed by atoms with Crippen molar-refractivity contribution in [2.45, 2.75) is 19.5 Å². The molecule has 1 aliphatic heterocycles. The summed E-state index contributed by atoms with van der Waals surface area (Å²) >= 11 is 0. The molecule has 0 amide bonds. The Morgan fingerprint density at radius 2 is 2.04 bits per heavy atom. The minimum Gasteiger partial charge on any atom is -0.496 e. The van der Waals surface area contributed by atoms with Gasteiger partial charge in [0.2, 0.25) is 0 Å². The summed E-state index contributed by atoms with van der Waals surface area (Å²) in [6.07, 6.45) is 3.82. The summed E-state index contributed by atoms with van der Waals surface area (Å²) in [5, 5.41) is 8.78.